The van der Waals surface area contributed by atoms with E-state index in [9.17, 15) is 0 Å². The van der Waals surface area contributed by atoms with Crippen molar-refractivity contribution in [3.05, 3.63) is 0 Å². The zero-order valence-corrected chi connectivity index (χ0v) is 11.9. The maximum absolute atomic E-state index is 6.01. The zero-order valence-electron chi connectivity index (χ0n) is 11.9. The molecule has 2 aliphatic heterocycles. The lowest BCUT2D eigenvalue weighted by Gasteiger charge is -2.33. The van der Waals surface area contributed by atoms with Crippen molar-refractivity contribution in [1.82, 2.24) is 4.90 Å². The van der Waals surface area contributed by atoms with Gasteiger partial charge in [-0.1, -0.05) is 19.8 Å². The van der Waals surface area contributed by atoms with E-state index in [1.807, 2.05) is 0 Å². The average molecular weight is 254 g/mol. The molecular weight excluding hydrogens is 224 g/mol. The highest BCUT2D eigenvalue weighted by atomic mass is 16.5. The second-order valence-corrected chi connectivity index (χ2v) is 5.98. The maximum Gasteiger partial charge on any atom is 0.0743 e. The third-order valence-corrected chi connectivity index (χ3v) is 4.68. The summed E-state index contributed by atoms with van der Waals surface area (Å²) in [5.41, 5.74) is 6.01. The zero-order chi connectivity index (χ0) is 12.8. The van der Waals surface area contributed by atoms with Gasteiger partial charge in [0.05, 0.1) is 6.10 Å². The Labute approximate surface area is 112 Å². The van der Waals surface area contributed by atoms with Gasteiger partial charge in [-0.3, -0.25) is 4.90 Å². The number of hydrogen-bond acceptors (Lipinski definition) is 3. The van der Waals surface area contributed by atoms with Crippen molar-refractivity contribution in [3.63, 3.8) is 0 Å². The summed E-state index contributed by atoms with van der Waals surface area (Å²) in [5.74, 6) is 0.947. The van der Waals surface area contributed by atoms with Gasteiger partial charge in [-0.05, 0) is 51.1 Å². The Hall–Kier alpha value is -0.120. The Bertz CT molecular complexity index is 229. The van der Waals surface area contributed by atoms with Gasteiger partial charge in [0, 0.05) is 19.2 Å². The van der Waals surface area contributed by atoms with Gasteiger partial charge in [0.25, 0.3) is 0 Å². The Morgan fingerprint density at radius 2 is 2.11 bits per heavy atom. The van der Waals surface area contributed by atoms with Gasteiger partial charge >= 0.3 is 0 Å². The van der Waals surface area contributed by atoms with Crippen LogP contribution in [0.1, 0.15) is 51.9 Å². The normalized spacial score (nSPS) is 32.3. The molecule has 18 heavy (non-hydrogen) atoms. The van der Waals surface area contributed by atoms with Crippen LogP contribution in [-0.4, -0.2) is 43.3 Å². The Morgan fingerprint density at radius 1 is 1.22 bits per heavy atom. The van der Waals surface area contributed by atoms with E-state index in [4.69, 9.17) is 10.5 Å². The summed E-state index contributed by atoms with van der Waals surface area (Å²) in [6.45, 7) is 6.45. The van der Waals surface area contributed by atoms with E-state index >= 15 is 0 Å². The molecule has 2 aliphatic rings. The molecular formula is C15H30N2O. The fourth-order valence-electron chi connectivity index (χ4n) is 3.66. The molecule has 0 amide bonds. The molecule has 0 radical (unpaired) electrons. The largest absolute Gasteiger partial charge is 0.377 e. The monoisotopic (exact) mass is 254 g/mol. The first-order chi connectivity index (χ1) is 8.85. The van der Waals surface area contributed by atoms with Gasteiger partial charge in [0.2, 0.25) is 0 Å². The molecule has 0 saturated carbocycles. The summed E-state index contributed by atoms with van der Waals surface area (Å²) in [7, 11) is 0. The summed E-state index contributed by atoms with van der Waals surface area (Å²) in [6.07, 6.45) is 9.66. The molecule has 0 spiro atoms. The van der Waals surface area contributed by atoms with Crippen molar-refractivity contribution in [1.29, 1.82) is 0 Å². The number of hydrogen-bond donors (Lipinski definition) is 1. The minimum Gasteiger partial charge on any atom is -0.377 e. The molecule has 2 N–H and O–H groups in total. The van der Waals surface area contributed by atoms with Crippen molar-refractivity contribution < 1.29 is 4.74 Å². The molecule has 0 bridgehead atoms. The lowest BCUT2D eigenvalue weighted by Crippen LogP contribution is -2.48. The van der Waals surface area contributed by atoms with Crippen molar-refractivity contribution in [3.8, 4) is 0 Å². The van der Waals surface area contributed by atoms with E-state index < -0.39 is 0 Å². The van der Waals surface area contributed by atoms with Gasteiger partial charge in [-0.25, -0.2) is 0 Å². The predicted molar refractivity (Wildman–Crippen MR) is 75.6 cm³/mol. The molecule has 106 valence electrons. The smallest absolute Gasteiger partial charge is 0.0743 e. The highest BCUT2D eigenvalue weighted by molar-refractivity contribution is 4.85. The van der Waals surface area contributed by atoms with Gasteiger partial charge < -0.3 is 10.5 Å². The van der Waals surface area contributed by atoms with E-state index in [0.29, 0.717) is 12.1 Å². The standard InChI is InChI=1S/C15H30N2O/c1-2-5-13-6-3-9-17(10-8-13)14(12-16)15-7-4-11-18-15/h13-15H,2-12,16H2,1H3. The van der Waals surface area contributed by atoms with Crippen LogP contribution in [0.2, 0.25) is 0 Å². The van der Waals surface area contributed by atoms with Gasteiger partial charge in [-0.15, -0.1) is 0 Å². The highest BCUT2D eigenvalue weighted by Gasteiger charge is 2.30. The van der Waals surface area contributed by atoms with E-state index in [2.05, 4.69) is 11.8 Å². The highest BCUT2D eigenvalue weighted by Crippen LogP contribution is 2.26. The number of ether oxygens (including phenoxy) is 1. The van der Waals surface area contributed by atoms with Crippen LogP contribution in [0.4, 0.5) is 0 Å². The molecule has 3 atom stereocenters. The van der Waals surface area contributed by atoms with Crippen LogP contribution in [0.15, 0.2) is 0 Å². The number of likely N-dealkylation sites (tertiary alicyclic amines) is 1. The first-order valence-corrected chi connectivity index (χ1v) is 7.90. The fourth-order valence-corrected chi connectivity index (χ4v) is 3.66. The molecule has 3 nitrogen and oxygen atoms in total. The van der Waals surface area contributed by atoms with Crippen molar-refractivity contribution >= 4 is 0 Å². The molecule has 2 saturated heterocycles. The maximum atomic E-state index is 6.01. The van der Waals surface area contributed by atoms with Gasteiger partial charge in [-0.2, -0.15) is 0 Å². The van der Waals surface area contributed by atoms with Crippen LogP contribution >= 0.6 is 0 Å². The topological polar surface area (TPSA) is 38.5 Å². The number of nitrogens with zero attached hydrogens (tertiary/aromatic N) is 1. The number of rotatable bonds is 5. The van der Waals surface area contributed by atoms with Crippen LogP contribution < -0.4 is 5.73 Å². The van der Waals surface area contributed by atoms with Gasteiger partial charge in [0.1, 0.15) is 0 Å². The lowest BCUT2D eigenvalue weighted by atomic mass is 9.96. The molecule has 2 heterocycles. The van der Waals surface area contributed by atoms with E-state index in [0.717, 1.165) is 19.1 Å². The van der Waals surface area contributed by atoms with Crippen LogP contribution in [-0.2, 0) is 4.74 Å². The molecule has 0 aromatic heterocycles. The van der Waals surface area contributed by atoms with Crippen LogP contribution in [0.25, 0.3) is 0 Å². The lowest BCUT2D eigenvalue weighted by molar-refractivity contribution is 0.0280. The molecule has 2 fully saturated rings. The Balaban J connectivity index is 1.86. The van der Waals surface area contributed by atoms with E-state index in [-0.39, 0.29) is 0 Å². The molecule has 0 aromatic rings. The second-order valence-electron chi connectivity index (χ2n) is 5.98. The minimum atomic E-state index is 0.401. The first kappa shape index (κ1) is 14.3. The van der Waals surface area contributed by atoms with Crippen LogP contribution in [0.5, 0.6) is 0 Å². The molecule has 0 aromatic carbocycles. The summed E-state index contributed by atoms with van der Waals surface area (Å²) in [5, 5.41) is 0. The van der Waals surface area contributed by atoms with Crippen molar-refractivity contribution in [2.45, 2.75) is 64.0 Å². The molecule has 3 heteroatoms. The average Bonchev–Trinajstić information content (AvgIpc) is 2.80. The van der Waals surface area contributed by atoms with E-state index in [1.54, 1.807) is 0 Å². The third kappa shape index (κ3) is 3.69. The van der Waals surface area contributed by atoms with E-state index in [1.165, 1.54) is 58.0 Å². The van der Waals surface area contributed by atoms with Crippen molar-refractivity contribution in [2.24, 2.45) is 11.7 Å². The third-order valence-electron chi connectivity index (χ3n) is 4.68. The SMILES string of the molecule is CCCC1CCCN(C(CN)C2CCCO2)CC1. The molecule has 0 aliphatic carbocycles. The van der Waals surface area contributed by atoms with Gasteiger partial charge in [0.15, 0.2) is 0 Å². The van der Waals surface area contributed by atoms with Crippen LogP contribution in [0.3, 0.4) is 0 Å². The quantitative estimate of drug-likeness (QED) is 0.819. The molecule has 2 rings (SSSR count). The minimum absolute atomic E-state index is 0.401. The van der Waals surface area contributed by atoms with Crippen molar-refractivity contribution in [2.75, 3.05) is 26.2 Å². The summed E-state index contributed by atoms with van der Waals surface area (Å²) < 4.78 is 5.85. The molecule has 3 unspecified atom stereocenters. The summed E-state index contributed by atoms with van der Waals surface area (Å²) in [6, 6.07) is 0.466. The first-order valence-electron chi connectivity index (χ1n) is 7.90. The Kier molecular flexibility index (Phi) is 5.93. The number of nitrogens with two attached hydrogens (primary N) is 1. The predicted octanol–water partition coefficient (Wildman–Crippen LogP) is 2.39. The summed E-state index contributed by atoms with van der Waals surface area (Å²) >= 11 is 0. The second kappa shape index (κ2) is 7.46. The van der Waals surface area contributed by atoms with Crippen LogP contribution in [0, 0.1) is 5.92 Å². The fraction of sp³-hybridized carbons (Fsp3) is 1.00. The Morgan fingerprint density at radius 3 is 2.78 bits per heavy atom. The summed E-state index contributed by atoms with van der Waals surface area (Å²) in [4.78, 5) is 2.62.